The average molecular weight is 166 g/mol. The van der Waals surface area contributed by atoms with Crippen LogP contribution in [-0.4, -0.2) is 12.9 Å². The van der Waals surface area contributed by atoms with Crippen LogP contribution in [0.4, 0.5) is 0 Å². The fourth-order valence-corrected chi connectivity index (χ4v) is 1.52. The van der Waals surface area contributed by atoms with E-state index in [9.17, 15) is 4.79 Å². The number of allylic oxidation sites excluding steroid dienone is 4. The van der Waals surface area contributed by atoms with Gasteiger partial charge in [0, 0.05) is 12.0 Å². The molecule has 0 aromatic heterocycles. The molecule has 0 N–H and O–H groups in total. The molecule has 66 valence electrons. The Morgan fingerprint density at radius 1 is 1.58 bits per heavy atom. The Morgan fingerprint density at radius 2 is 2.25 bits per heavy atom. The van der Waals surface area contributed by atoms with E-state index in [1.165, 1.54) is 0 Å². The number of methoxy groups -OCH3 is 1. The molecule has 12 heavy (non-hydrogen) atoms. The Kier molecular flexibility index (Phi) is 2.69. The zero-order chi connectivity index (χ0) is 9.14. The van der Waals surface area contributed by atoms with Crippen LogP contribution in [0.25, 0.3) is 0 Å². The fraction of sp³-hybridized carbons (Fsp3) is 0.500. The zero-order valence-corrected chi connectivity index (χ0v) is 7.76. The number of hydrogen-bond donors (Lipinski definition) is 0. The van der Waals surface area contributed by atoms with Gasteiger partial charge in [0.1, 0.15) is 0 Å². The maximum absolute atomic E-state index is 11.3. The highest BCUT2D eigenvalue weighted by atomic mass is 16.5. The molecule has 0 radical (unpaired) electrons. The number of ketones is 1. The van der Waals surface area contributed by atoms with Crippen molar-refractivity contribution in [1.82, 2.24) is 0 Å². The summed E-state index contributed by atoms with van der Waals surface area (Å²) >= 11 is 0. The molecule has 0 saturated heterocycles. The van der Waals surface area contributed by atoms with E-state index in [0.717, 1.165) is 5.57 Å². The molecular weight excluding hydrogens is 152 g/mol. The summed E-state index contributed by atoms with van der Waals surface area (Å²) in [6, 6.07) is 0. The Labute approximate surface area is 72.9 Å². The monoisotopic (exact) mass is 166 g/mol. The maximum Gasteiger partial charge on any atom is 0.198 e. The third kappa shape index (κ3) is 1.42. The summed E-state index contributed by atoms with van der Waals surface area (Å²) in [5.41, 5.74) is 1.03. The summed E-state index contributed by atoms with van der Waals surface area (Å²) in [5, 5.41) is 0. The minimum atomic E-state index is 0.123. The van der Waals surface area contributed by atoms with Gasteiger partial charge in [0.25, 0.3) is 0 Å². The predicted molar refractivity (Wildman–Crippen MR) is 47.6 cm³/mol. The summed E-state index contributed by atoms with van der Waals surface area (Å²) in [4.78, 5) is 11.3. The van der Waals surface area contributed by atoms with E-state index in [2.05, 4.69) is 0 Å². The van der Waals surface area contributed by atoms with Gasteiger partial charge in [0.2, 0.25) is 0 Å². The van der Waals surface area contributed by atoms with Crippen LogP contribution in [0.15, 0.2) is 23.5 Å². The summed E-state index contributed by atoms with van der Waals surface area (Å²) in [6.07, 6.45) is 4.47. The largest absolute Gasteiger partial charge is 0.493 e. The molecule has 0 aliphatic heterocycles. The number of Topliss-reactive ketones (excluding diaryl/α,β-unsaturated/α-hetero) is 1. The van der Waals surface area contributed by atoms with Crippen molar-refractivity contribution in [1.29, 1.82) is 0 Å². The van der Waals surface area contributed by atoms with Crippen LogP contribution in [0.1, 0.15) is 20.3 Å². The first-order chi connectivity index (χ1) is 5.70. The highest BCUT2D eigenvalue weighted by Gasteiger charge is 2.28. The topological polar surface area (TPSA) is 26.3 Å². The highest BCUT2D eigenvalue weighted by Crippen LogP contribution is 2.29. The number of rotatable bonds is 2. The lowest BCUT2D eigenvalue weighted by molar-refractivity contribution is -0.117. The molecule has 0 bridgehead atoms. The maximum atomic E-state index is 11.3. The normalized spacial score (nSPS) is 24.2. The quantitative estimate of drug-likeness (QED) is 0.627. The molecule has 0 aromatic rings. The Bertz CT molecular complexity index is 249. The van der Waals surface area contributed by atoms with Gasteiger partial charge >= 0.3 is 0 Å². The number of ether oxygens (including phenoxy) is 1. The molecule has 1 aliphatic carbocycles. The van der Waals surface area contributed by atoms with Crippen LogP contribution in [0.2, 0.25) is 0 Å². The van der Waals surface area contributed by atoms with Gasteiger partial charge in [0.05, 0.1) is 7.11 Å². The Balaban J connectivity index is 3.00. The lowest BCUT2D eigenvalue weighted by Gasteiger charge is -2.02. The zero-order valence-electron chi connectivity index (χ0n) is 7.76. The van der Waals surface area contributed by atoms with Crippen LogP contribution in [0, 0.1) is 5.92 Å². The summed E-state index contributed by atoms with van der Waals surface area (Å²) in [5.74, 6) is 0.974. The second-order valence-corrected chi connectivity index (χ2v) is 3.02. The van der Waals surface area contributed by atoms with Gasteiger partial charge in [-0.2, -0.15) is 0 Å². The summed E-state index contributed by atoms with van der Waals surface area (Å²) in [6.45, 7) is 3.98. The molecule has 0 amide bonds. The number of carbonyl (C=O) groups excluding carboxylic acids is 1. The standard InChI is InChI=1S/C10H14O2/c1-4-5-8-7(2)6-9(11)10(8)12-3/h4-5,7H,6H2,1-3H3/b5-4+. The second kappa shape index (κ2) is 3.57. The van der Waals surface area contributed by atoms with Gasteiger partial charge in [-0.1, -0.05) is 19.1 Å². The molecule has 0 spiro atoms. The SMILES string of the molecule is C/C=C/C1=C(OC)C(=O)CC1C. The van der Waals surface area contributed by atoms with Gasteiger partial charge in [-0.25, -0.2) is 0 Å². The molecule has 2 nitrogen and oxygen atoms in total. The van der Waals surface area contributed by atoms with Crippen LogP contribution >= 0.6 is 0 Å². The predicted octanol–water partition coefficient (Wildman–Crippen LogP) is 2.07. The van der Waals surface area contributed by atoms with Crippen molar-refractivity contribution < 1.29 is 9.53 Å². The molecule has 0 aromatic carbocycles. The van der Waals surface area contributed by atoms with Crippen LogP contribution in [-0.2, 0) is 9.53 Å². The van der Waals surface area contributed by atoms with E-state index >= 15 is 0 Å². The Hall–Kier alpha value is -1.05. The van der Waals surface area contributed by atoms with Crippen LogP contribution < -0.4 is 0 Å². The minimum Gasteiger partial charge on any atom is -0.493 e. The molecule has 1 atom stereocenters. The van der Waals surface area contributed by atoms with Crippen LogP contribution in [0.5, 0.6) is 0 Å². The third-order valence-electron chi connectivity index (χ3n) is 2.09. The highest BCUT2D eigenvalue weighted by molar-refractivity contribution is 5.97. The molecular formula is C10H14O2. The van der Waals surface area contributed by atoms with E-state index in [4.69, 9.17) is 4.74 Å². The summed E-state index contributed by atoms with van der Waals surface area (Å²) in [7, 11) is 1.55. The summed E-state index contributed by atoms with van der Waals surface area (Å²) < 4.78 is 5.04. The first kappa shape index (κ1) is 9.04. The smallest absolute Gasteiger partial charge is 0.198 e. The fourth-order valence-electron chi connectivity index (χ4n) is 1.52. The van der Waals surface area contributed by atoms with Gasteiger partial charge in [-0.3, -0.25) is 4.79 Å². The van der Waals surface area contributed by atoms with E-state index in [0.29, 0.717) is 18.1 Å². The van der Waals surface area contributed by atoms with Gasteiger partial charge < -0.3 is 4.74 Å². The molecule has 1 unspecified atom stereocenters. The lowest BCUT2D eigenvalue weighted by atomic mass is 10.0. The van der Waals surface area contributed by atoms with Crippen molar-refractivity contribution in [2.24, 2.45) is 5.92 Å². The number of carbonyl (C=O) groups is 1. The van der Waals surface area contributed by atoms with Crippen molar-refractivity contribution in [3.8, 4) is 0 Å². The van der Waals surface area contributed by atoms with Crippen molar-refractivity contribution in [3.05, 3.63) is 23.5 Å². The second-order valence-electron chi connectivity index (χ2n) is 3.02. The van der Waals surface area contributed by atoms with E-state index in [1.807, 2.05) is 26.0 Å². The lowest BCUT2D eigenvalue weighted by Crippen LogP contribution is -1.97. The first-order valence-corrected chi connectivity index (χ1v) is 4.14. The molecule has 1 aliphatic rings. The molecule has 0 saturated carbocycles. The van der Waals surface area contributed by atoms with Gasteiger partial charge in [0.15, 0.2) is 11.5 Å². The van der Waals surface area contributed by atoms with Crippen molar-refractivity contribution in [2.45, 2.75) is 20.3 Å². The van der Waals surface area contributed by atoms with E-state index in [1.54, 1.807) is 7.11 Å². The number of hydrogen-bond acceptors (Lipinski definition) is 2. The third-order valence-corrected chi connectivity index (χ3v) is 2.09. The average Bonchev–Trinajstić information content (AvgIpc) is 2.28. The first-order valence-electron chi connectivity index (χ1n) is 4.14. The molecule has 1 rings (SSSR count). The van der Waals surface area contributed by atoms with Crippen molar-refractivity contribution in [2.75, 3.05) is 7.11 Å². The molecule has 0 fully saturated rings. The van der Waals surface area contributed by atoms with Crippen LogP contribution in [0.3, 0.4) is 0 Å². The van der Waals surface area contributed by atoms with Gasteiger partial charge in [-0.05, 0) is 12.8 Å². The molecule has 0 heterocycles. The minimum absolute atomic E-state index is 0.123. The Morgan fingerprint density at radius 3 is 2.75 bits per heavy atom. The molecule has 2 heteroatoms. The van der Waals surface area contributed by atoms with Gasteiger partial charge in [-0.15, -0.1) is 0 Å². The van der Waals surface area contributed by atoms with Crippen molar-refractivity contribution >= 4 is 5.78 Å². The van der Waals surface area contributed by atoms with Crippen molar-refractivity contribution in [3.63, 3.8) is 0 Å². The van der Waals surface area contributed by atoms with E-state index < -0.39 is 0 Å². The van der Waals surface area contributed by atoms with E-state index in [-0.39, 0.29) is 5.78 Å².